The van der Waals surface area contributed by atoms with Crippen LogP contribution in [0.5, 0.6) is 5.75 Å². The topological polar surface area (TPSA) is 50.4 Å². The van der Waals surface area contributed by atoms with Gasteiger partial charge in [-0.2, -0.15) is 0 Å². The Morgan fingerprint density at radius 3 is 2.76 bits per heavy atom. The number of nitrogens with one attached hydrogen (secondary N) is 2. The molecule has 0 aliphatic rings. The van der Waals surface area contributed by atoms with E-state index in [9.17, 15) is 4.79 Å². The van der Waals surface area contributed by atoms with Crippen molar-refractivity contribution < 1.29 is 9.53 Å². The molecule has 116 valence electrons. The number of halogens is 2. The van der Waals surface area contributed by atoms with Crippen molar-refractivity contribution in [2.24, 2.45) is 0 Å². The molecule has 0 fully saturated rings. The molecule has 1 aromatic carbocycles. The van der Waals surface area contributed by atoms with Gasteiger partial charge in [-0.1, -0.05) is 43.1 Å². The zero-order chi connectivity index (χ0) is 15.8. The summed E-state index contributed by atoms with van der Waals surface area (Å²) >= 11 is 12.2. The quantitative estimate of drug-likeness (QED) is 0.720. The van der Waals surface area contributed by atoms with Crippen LogP contribution in [0, 0.1) is 0 Å². The second-order valence-corrected chi connectivity index (χ2v) is 5.64. The van der Waals surface area contributed by atoms with Crippen LogP contribution in [-0.2, 0) is 11.3 Å². The van der Waals surface area contributed by atoms with Gasteiger partial charge in [0.15, 0.2) is 6.61 Å². The summed E-state index contributed by atoms with van der Waals surface area (Å²) in [6, 6.07) is 3.69. The summed E-state index contributed by atoms with van der Waals surface area (Å²) in [5.74, 6) is 0.242. The van der Waals surface area contributed by atoms with Gasteiger partial charge >= 0.3 is 0 Å². The predicted molar refractivity (Wildman–Crippen MR) is 87.1 cm³/mol. The molecule has 6 heteroatoms. The maximum absolute atomic E-state index is 11.6. The van der Waals surface area contributed by atoms with Gasteiger partial charge in [0.05, 0.1) is 5.02 Å². The average Bonchev–Trinajstić information content (AvgIpc) is 2.41. The van der Waals surface area contributed by atoms with Gasteiger partial charge in [-0.3, -0.25) is 4.79 Å². The van der Waals surface area contributed by atoms with E-state index in [1.165, 1.54) is 0 Å². The lowest BCUT2D eigenvalue weighted by molar-refractivity contribution is -0.122. The largest absolute Gasteiger partial charge is 0.482 e. The summed E-state index contributed by atoms with van der Waals surface area (Å²) in [4.78, 5) is 11.6. The molecular weight excluding hydrogens is 311 g/mol. The van der Waals surface area contributed by atoms with Crippen LogP contribution < -0.4 is 15.4 Å². The number of amides is 1. The third kappa shape index (κ3) is 6.38. The van der Waals surface area contributed by atoms with Crippen LogP contribution in [0.2, 0.25) is 10.0 Å². The molecule has 1 rings (SSSR count). The Kier molecular flexibility index (Phi) is 7.57. The van der Waals surface area contributed by atoms with E-state index in [1.807, 2.05) is 13.8 Å². The lowest BCUT2D eigenvalue weighted by Gasteiger charge is -2.15. The molecule has 0 atom stereocenters. The van der Waals surface area contributed by atoms with Crippen molar-refractivity contribution in [3.8, 4) is 5.75 Å². The van der Waals surface area contributed by atoms with Crippen LogP contribution in [0.25, 0.3) is 0 Å². The minimum Gasteiger partial charge on any atom is -0.482 e. The standard InChI is InChI=1S/C15H20Cl2N2O2/c1-4-5-18-14(20)9-21-15-11(8-19-10(2)3)6-12(16)7-13(15)17/h4,6-7,10,19H,1,5,8-9H2,2-3H3,(H,18,20). The van der Waals surface area contributed by atoms with Crippen molar-refractivity contribution in [3.63, 3.8) is 0 Å². The Balaban J connectivity index is 2.78. The highest BCUT2D eigenvalue weighted by Crippen LogP contribution is 2.32. The molecule has 1 aromatic rings. The summed E-state index contributed by atoms with van der Waals surface area (Å²) in [5.41, 5.74) is 0.817. The molecule has 0 aromatic heterocycles. The first-order chi connectivity index (χ1) is 9.93. The zero-order valence-electron chi connectivity index (χ0n) is 12.2. The molecule has 0 unspecified atom stereocenters. The first-order valence-electron chi connectivity index (χ1n) is 6.65. The highest BCUT2D eigenvalue weighted by atomic mass is 35.5. The van der Waals surface area contributed by atoms with Crippen LogP contribution in [0.15, 0.2) is 24.8 Å². The predicted octanol–water partition coefficient (Wildman–Crippen LogP) is 3.17. The fourth-order valence-corrected chi connectivity index (χ4v) is 2.19. The van der Waals surface area contributed by atoms with Crippen molar-refractivity contribution in [1.29, 1.82) is 0 Å². The third-order valence-corrected chi connectivity index (χ3v) is 3.08. The van der Waals surface area contributed by atoms with E-state index in [0.717, 1.165) is 5.56 Å². The van der Waals surface area contributed by atoms with Crippen LogP contribution in [0.3, 0.4) is 0 Å². The minimum atomic E-state index is -0.233. The number of rotatable bonds is 8. The second-order valence-electron chi connectivity index (χ2n) is 4.79. The van der Waals surface area contributed by atoms with Crippen LogP contribution >= 0.6 is 23.2 Å². The van der Waals surface area contributed by atoms with E-state index >= 15 is 0 Å². The van der Waals surface area contributed by atoms with Gasteiger partial charge < -0.3 is 15.4 Å². The second kappa shape index (κ2) is 8.93. The molecule has 2 N–H and O–H groups in total. The molecule has 0 bridgehead atoms. The molecule has 4 nitrogen and oxygen atoms in total. The number of hydrogen-bond acceptors (Lipinski definition) is 3. The van der Waals surface area contributed by atoms with Gasteiger partial charge in [0, 0.05) is 29.7 Å². The van der Waals surface area contributed by atoms with E-state index in [-0.39, 0.29) is 12.5 Å². The molecule has 21 heavy (non-hydrogen) atoms. The summed E-state index contributed by atoms with van der Waals surface area (Å²) in [5, 5.41) is 6.82. The fraction of sp³-hybridized carbons (Fsp3) is 0.400. The van der Waals surface area contributed by atoms with Crippen molar-refractivity contribution in [2.75, 3.05) is 13.2 Å². The number of ether oxygens (including phenoxy) is 1. The summed E-state index contributed by atoms with van der Waals surface area (Å²) < 4.78 is 5.54. The Hall–Kier alpha value is -1.23. The number of benzene rings is 1. The van der Waals surface area contributed by atoms with Gasteiger partial charge in [-0.05, 0) is 12.1 Å². The van der Waals surface area contributed by atoms with Gasteiger partial charge in [0.25, 0.3) is 5.91 Å². The lowest BCUT2D eigenvalue weighted by Crippen LogP contribution is -2.29. The maximum Gasteiger partial charge on any atom is 0.258 e. The minimum absolute atomic E-state index is 0.107. The monoisotopic (exact) mass is 330 g/mol. The smallest absolute Gasteiger partial charge is 0.258 e. The van der Waals surface area contributed by atoms with Crippen LogP contribution in [-0.4, -0.2) is 25.1 Å². The molecular formula is C15H20Cl2N2O2. The number of carbonyl (C=O) groups is 1. The summed E-state index contributed by atoms with van der Waals surface area (Å²) in [6.07, 6.45) is 1.60. The zero-order valence-corrected chi connectivity index (χ0v) is 13.7. The normalized spacial score (nSPS) is 10.5. The van der Waals surface area contributed by atoms with Gasteiger partial charge in [-0.25, -0.2) is 0 Å². The first kappa shape index (κ1) is 17.8. The summed E-state index contributed by atoms with van der Waals surface area (Å²) in [6.45, 7) is 8.46. The molecule has 0 aliphatic carbocycles. The van der Waals surface area contributed by atoms with E-state index in [2.05, 4.69) is 17.2 Å². The Morgan fingerprint density at radius 1 is 1.43 bits per heavy atom. The molecule has 0 radical (unpaired) electrons. The van der Waals surface area contributed by atoms with Gasteiger partial charge in [0.2, 0.25) is 0 Å². The number of hydrogen-bond donors (Lipinski definition) is 2. The molecule has 0 heterocycles. The fourth-order valence-electron chi connectivity index (χ4n) is 1.60. The molecule has 0 aliphatic heterocycles. The van der Waals surface area contributed by atoms with E-state index in [0.29, 0.717) is 34.9 Å². The van der Waals surface area contributed by atoms with Crippen LogP contribution in [0.4, 0.5) is 0 Å². The van der Waals surface area contributed by atoms with Gasteiger partial charge in [-0.15, -0.1) is 6.58 Å². The van der Waals surface area contributed by atoms with Crippen LogP contribution in [0.1, 0.15) is 19.4 Å². The van der Waals surface area contributed by atoms with Gasteiger partial charge in [0.1, 0.15) is 5.75 Å². The summed E-state index contributed by atoms with van der Waals surface area (Å²) in [7, 11) is 0. The number of carbonyl (C=O) groups excluding carboxylic acids is 1. The maximum atomic E-state index is 11.6. The van der Waals surface area contributed by atoms with E-state index < -0.39 is 0 Å². The van der Waals surface area contributed by atoms with Crippen molar-refractivity contribution in [2.45, 2.75) is 26.4 Å². The van der Waals surface area contributed by atoms with Crippen molar-refractivity contribution in [1.82, 2.24) is 10.6 Å². The Bertz CT molecular complexity index is 505. The van der Waals surface area contributed by atoms with E-state index in [1.54, 1.807) is 18.2 Å². The average molecular weight is 331 g/mol. The lowest BCUT2D eigenvalue weighted by atomic mass is 10.2. The molecule has 0 saturated carbocycles. The molecule has 0 saturated heterocycles. The van der Waals surface area contributed by atoms with Crippen molar-refractivity contribution >= 4 is 29.1 Å². The van der Waals surface area contributed by atoms with Crippen molar-refractivity contribution in [3.05, 3.63) is 40.4 Å². The molecule has 1 amide bonds. The highest BCUT2D eigenvalue weighted by molar-refractivity contribution is 6.35. The Morgan fingerprint density at radius 2 is 2.14 bits per heavy atom. The third-order valence-electron chi connectivity index (χ3n) is 2.58. The first-order valence-corrected chi connectivity index (χ1v) is 7.41. The SMILES string of the molecule is C=CCNC(=O)COc1c(Cl)cc(Cl)cc1CNC(C)C. The Labute approximate surface area is 135 Å². The molecule has 0 spiro atoms. The highest BCUT2D eigenvalue weighted by Gasteiger charge is 2.13. The van der Waals surface area contributed by atoms with E-state index in [4.69, 9.17) is 27.9 Å².